The van der Waals surface area contributed by atoms with Crippen molar-refractivity contribution < 1.29 is 9.90 Å². The maximum Gasteiger partial charge on any atom is 0.236 e. The highest BCUT2D eigenvalue weighted by Crippen LogP contribution is 1.93. The van der Waals surface area contributed by atoms with Crippen LogP contribution in [0.3, 0.4) is 0 Å². The first-order chi connectivity index (χ1) is 6.11. The lowest BCUT2D eigenvalue weighted by Crippen LogP contribution is -2.43. The summed E-state index contributed by atoms with van der Waals surface area (Å²) in [6.07, 6.45) is 1.24. The van der Waals surface area contributed by atoms with E-state index in [1.54, 1.807) is 14.0 Å². The highest BCUT2D eigenvalue weighted by molar-refractivity contribution is 5.81. The monoisotopic (exact) mass is 188 g/mol. The molecule has 0 fully saturated rings. The van der Waals surface area contributed by atoms with Crippen molar-refractivity contribution in [3.63, 3.8) is 0 Å². The summed E-state index contributed by atoms with van der Waals surface area (Å²) in [6.45, 7) is 4.13. The predicted molar refractivity (Wildman–Crippen MR) is 52.4 cm³/mol. The van der Waals surface area contributed by atoms with Gasteiger partial charge < -0.3 is 15.7 Å². The molecule has 0 heterocycles. The minimum atomic E-state index is -0.419. The molecule has 0 aromatic rings. The smallest absolute Gasteiger partial charge is 0.236 e. The molecule has 4 heteroatoms. The van der Waals surface area contributed by atoms with Crippen molar-refractivity contribution in [2.75, 3.05) is 13.6 Å². The Bertz CT molecular complexity index is 151. The van der Waals surface area contributed by atoms with Gasteiger partial charge in [-0.1, -0.05) is 13.3 Å². The zero-order valence-corrected chi connectivity index (χ0v) is 8.63. The molecular formula is C9H20N2O2. The Morgan fingerprint density at radius 2 is 2.15 bits per heavy atom. The van der Waals surface area contributed by atoms with Crippen LogP contribution in [0.15, 0.2) is 0 Å². The van der Waals surface area contributed by atoms with Crippen molar-refractivity contribution in [1.29, 1.82) is 0 Å². The van der Waals surface area contributed by atoms with E-state index in [0.717, 1.165) is 12.8 Å². The highest BCUT2D eigenvalue weighted by atomic mass is 16.3. The number of amides is 1. The van der Waals surface area contributed by atoms with E-state index in [-0.39, 0.29) is 11.9 Å². The Morgan fingerprint density at radius 1 is 1.54 bits per heavy atom. The van der Waals surface area contributed by atoms with Gasteiger partial charge in [-0.05, 0) is 20.4 Å². The first kappa shape index (κ1) is 12.4. The van der Waals surface area contributed by atoms with Gasteiger partial charge in [0, 0.05) is 6.54 Å². The summed E-state index contributed by atoms with van der Waals surface area (Å²) >= 11 is 0. The molecular weight excluding hydrogens is 168 g/mol. The third-order valence-electron chi connectivity index (χ3n) is 1.96. The van der Waals surface area contributed by atoms with Gasteiger partial charge in [0.1, 0.15) is 0 Å². The van der Waals surface area contributed by atoms with Crippen LogP contribution >= 0.6 is 0 Å². The fourth-order valence-electron chi connectivity index (χ4n) is 0.938. The van der Waals surface area contributed by atoms with Crippen LogP contribution in [0.25, 0.3) is 0 Å². The third-order valence-corrected chi connectivity index (χ3v) is 1.96. The number of likely N-dealkylation sites (N-methyl/N-ethyl adjacent to an activating group) is 1. The van der Waals surface area contributed by atoms with E-state index in [0.29, 0.717) is 6.54 Å². The normalized spacial score (nSPS) is 15.1. The molecule has 0 radical (unpaired) electrons. The van der Waals surface area contributed by atoms with Gasteiger partial charge in [-0.15, -0.1) is 0 Å². The van der Waals surface area contributed by atoms with Gasteiger partial charge in [-0.25, -0.2) is 0 Å². The molecule has 0 rings (SSSR count). The molecule has 0 aliphatic rings. The fraction of sp³-hybridized carbons (Fsp3) is 0.889. The Labute approximate surface area is 79.7 Å². The van der Waals surface area contributed by atoms with Gasteiger partial charge >= 0.3 is 0 Å². The molecule has 0 bridgehead atoms. The van der Waals surface area contributed by atoms with Gasteiger partial charge in [0.2, 0.25) is 5.91 Å². The number of carbonyl (C=O) groups is 1. The van der Waals surface area contributed by atoms with E-state index < -0.39 is 6.10 Å². The quantitative estimate of drug-likeness (QED) is 0.544. The second kappa shape index (κ2) is 6.86. The molecule has 0 spiro atoms. The van der Waals surface area contributed by atoms with Crippen molar-refractivity contribution in [1.82, 2.24) is 10.6 Å². The summed E-state index contributed by atoms with van der Waals surface area (Å²) in [5, 5.41) is 14.8. The Kier molecular flexibility index (Phi) is 6.54. The van der Waals surface area contributed by atoms with E-state index in [9.17, 15) is 9.90 Å². The summed E-state index contributed by atoms with van der Waals surface area (Å²) < 4.78 is 0. The Hall–Kier alpha value is -0.610. The van der Waals surface area contributed by atoms with Crippen molar-refractivity contribution in [3.05, 3.63) is 0 Å². The molecule has 78 valence electrons. The van der Waals surface area contributed by atoms with Gasteiger partial charge in [-0.3, -0.25) is 4.79 Å². The molecule has 1 amide bonds. The summed E-state index contributed by atoms with van der Waals surface area (Å²) in [6, 6.07) is -0.200. The largest absolute Gasteiger partial charge is 0.391 e. The van der Waals surface area contributed by atoms with Crippen LogP contribution in [-0.2, 0) is 4.79 Å². The number of nitrogens with one attached hydrogen (secondary N) is 2. The molecule has 4 nitrogen and oxygen atoms in total. The predicted octanol–water partition coefficient (Wildman–Crippen LogP) is -0.128. The van der Waals surface area contributed by atoms with Crippen LogP contribution in [0, 0.1) is 0 Å². The second-order valence-electron chi connectivity index (χ2n) is 3.20. The van der Waals surface area contributed by atoms with E-state index >= 15 is 0 Å². The Balaban J connectivity index is 3.57. The minimum absolute atomic E-state index is 0.0716. The maximum absolute atomic E-state index is 11.2. The van der Waals surface area contributed by atoms with Crippen molar-refractivity contribution in [3.8, 4) is 0 Å². The van der Waals surface area contributed by atoms with E-state index in [2.05, 4.69) is 10.6 Å². The summed E-state index contributed by atoms with van der Waals surface area (Å²) in [7, 11) is 1.73. The lowest BCUT2D eigenvalue weighted by atomic mass is 10.2. The van der Waals surface area contributed by atoms with Crippen molar-refractivity contribution >= 4 is 5.91 Å². The van der Waals surface area contributed by atoms with Gasteiger partial charge in [0.15, 0.2) is 0 Å². The molecule has 0 aliphatic carbocycles. The van der Waals surface area contributed by atoms with Crippen LogP contribution in [0.2, 0.25) is 0 Å². The fourth-order valence-corrected chi connectivity index (χ4v) is 0.938. The average molecular weight is 188 g/mol. The lowest BCUT2D eigenvalue weighted by molar-refractivity contribution is -0.123. The minimum Gasteiger partial charge on any atom is -0.391 e. The molecule has 2 unspecified atom stereocenters. The molecule has 13 heavy (non-hydrogen) atoms. The lowest BCUT2D eigenvalue weighted by Gasteiger charge is -2.13. The van der Waals surface area contributed by atoms with Crippen LogP contribution in [-0.4, -0.2) is 36.8 Å². The number of aliphatic hydroxyl groups excluding tert-OH is 1. The highest BCUT2D eigenvalue weighted by Gasteiger charge is 2.10. The number of hydrogen-bond acceptors (Lipinski definition) is 3. The molecule has 0 aromatic heterocycles. The first-order valence-corrected chi connectivity index (χ1v) is 4.74. The van der Waals surface area contributed by atoms with Crippen LogP contribution < -0.4 is 10.6 Å². The average Bonchev–Trinajstić information content (AvgIpc) is 2.13. The number of carbonyl (C=O) groups excluding carboxylic acids is 1. The summed E-state index contributed by atoms with van der Waals surface area (Å²) in [5.41, 5.74) is 0. The van der Waals surface area contributed by atoms with Crippen LogP contribution in [0.5, 0.6) is 0 Å². The van der Waals surface area contributed by atoms with Gasteiger partial charge in [-0.2, -0.15) is 0 Å². The molecule has 0 aromatic carbocycles. The standard InChI is InChI=1S/C9H20N2O2/c1-4-5-8(12)6-11-9(13)7(2)10-3/h7-8,10,12H,4-6H2,1-3H3,(H,11,13). The van der Waals surface area contributed by atoms with Gasteiger partial charge in [0.25, 0.3) is 0 Å². The topological polar surface area (TPSA) is 61.4 Å². The van der Waals surface area contributed by atoms with Gasteiger partial charge in [0.05, 0.1) is 12.1 Å². The first-order valence-electron chi connectivity index (χ1n) is 4.74. The van der Waals surface area contributed by atoms with E-state index in [1.807, 2.05) is 6.92 Å². The number of hydrogen-bond donors (Lipinski definition) is 3. The van der Waals surface area contributed by atoms with E-state index in [4.69, 9.17) is 0 Å². The molecule has 0 aliphatic heterocycles. The summed E-state index contributed by atoms with van der Waals surface area (Å²) in [5.74, 6) is -0.0716. The SMILES string of the molecule is CCCC(O)CNC(=O)C(C)NC. The van der Waals surface area contributed by atoms with Crippen LogP contribution in [0.4, 0.5) is 0 Å². The van der Waals surface area contributed by atoms with E-state index in [1.165, 1.54) is 0 Å². The summed E-state index contributed by atoms with van der Waals surface area (Å²) in [4.78, 5) is 11.2. The van der Waals surface area contributed by atoms with Crippen molar-refractivity contribution in [2.45, 2.75) is 38.8 Å². The molecule has 3 N–H and O–H groups in total. The maximum atomic E-state index is 11.2. The second-order valence-corrected chi connectivity index (χ2v) is 3.20. The molecule has 0 saturated heterocycles. The zero-order chi connectivity index (χ0) is 10.3. The van der Waals surface area contributed by atoms with Crippen molar-refractivity contribution in [2.24, 2.45) is 0 Å². The molecule has 0 saturated carbocycles. The number of aliphatic hydroxyl groups is 1. The molecule has 2 atom stereocenters. The Morgan fingerprint density at radius 3 is 2.62 bits per heavy atom. The number of rotatable bonds is 6. The third kappa shape index (κ3) is 5.60. The zero-order valence-electron chi connectivity index (χ0n) is 8.63. The van der Waals surface area contributed by atoms with Crippen LogP contribution in [0.1, 0.15) is 26.7 Å².